The molecule has 0 bridgehead atoms. The minimum Gasteiger partial charge on any atom is -0.323 e. The minimum atomic E-state index is -0.661. The molecule has 0 aliphatic rings. The van der Waals surface area contributed by atoms with Crippen LogP contribution in [0.15, 0.2) is 51.8 Å². The molecule has 0 saturated carbocycles. The van der Waals surface area contributed by atoms with Gasteiger partial charge in [-0.15, -0.1) is 11.8 Å². The molecule has 2 aromatic carbocycles. The van der Waals surface area contributed by atoms with Crippen molar-refractivity contribution in [3.63, 3.8) is 0 Å². The summed E-state index contributed by atoms with van der Waals surface area (Å²) in [6, 6.07) is 10.5. The zero-order valence-electron chi connectivity index (χ0n) is 11.1. The molecule has 2 nitrogen and oxygen atoms in total. The molecular formula is C15H12BrF2NOS. The van der Waals surface area contributed by atoms with Gasteiger partial charge in [-0.05, 0) is 43.3 Å². The standard InChI is InChI=1S/C15H12BrF2NOS/c1-9(21-12-5-2-10(16)3-6-12)15(20)19-14-8-11(17)4-7-13(14)18/h2-9H,1H3,(H,19,20). The number of benzene rings is 2. The van der Waals surface area contributed by atoms with E-state index in [1.165, 1.54) is 11.8 Å². The SMILES string of the molecule is CC(Sc1ccc(Br)cc1)C(=O)Nc1cc(F)ccc1F. The van der Waals surface area contributed by atoms with Gasteiger partial charge in [-0.2, -0.15) is 0 Å². The molecule has 0 spiro atoms. The smallest absolute Gasteiger partial charge is 0.237 e. The first-order chi connectivity index (χ1) is 9.95. The van der Waals surface area contributed by atoms with Crippen LogP contribution in [-0.4, -0.2) is 11.2 Å². The van der Waals surface area contributed by atoms with Crippen molar-refractivity contribution >= 4 is 39.3 Å². The Labute approximate surface area is 134 Å². The molecule has 21 heavy (non-hydrogen) atoms. The quantitative estimate of drug-likeness (QED) is 0.778. The molecule has 2 rings (SSSR count). The minimum absolute atomic E-state index is 0.150. The van der Waals surface area contributed by atoms with Crippen molar-refractivity contribution in [2.45, 2.75) is 17.1 Å². The molecule has 0 fully saturated rings. The third kappa shape index (κ3) is 4.54. The summed E-state index contributed by atoms with van der Waals surface area (Å²) in [6.45, 7) is 1.71. The lowest BCUT2D eigenvalue weighted by molar-refractivity contribution is -0.115. The molecule has 0 radical (unpaired) electrons. The summed E-state index contributed by atoms with van der Waals surface area (Å²) in [5, 5.41) is 1.96. The molecular weight excluding hydrogens is 360 g/mol. The van der Waals surface area contributed by atoms with Gasteiger partial charge in [0.05, 0.1) is 10.9 Å². The lowest BCUT2D eigenvalue weighted by Crippen LogP contribution is -2.23. The van der Waals surface area contributed by atoms with Crippen molar-refractivity contribution in [2.24, 2.45) is 0 Å². The maximum absolute atomic E-state index is 13.5. The predicted molar refractivity (Wildman–Crippen MR) is 84.4 cm³/mol. The molecule has 0 saturated heterocycles. The Morgan fingerprint density at radius 2 is 1.86 bits per heavy atom. The van der Waals surface area contributed by atoms with Gasteiger partial charge >= 0.3 is 0 Å². The van der Waals surface area contributed by atoms with Crippen molar-refractivity contribution in [1.29, 1.82) is 0 Å². The highest BCUT2D eigenvalue weighted by Crippen LogP contribution is 2.26. The number of amides is 1. The number of hydrogen-bond donors (Lipinski definition) is 1. The Kier molecular flexibility index (Phi) is 5.36. The number of rotatable bonds is 4. The first-order valence-corrected chi connectivity index (χ1v) is 7.81. The molecule has 0 heterocycles. The topological polar surface area (TPSA) is 29.1 Å². The van der Waals surface area contributed by atoms with Gasteiger partial charge in [-0.1, -0.05) is 15.9 Å². The number of nitrogens with one attached hydrogen (secondary N) is 1. The number of carbonyl (C=O) groups is 1. The maximum Gasteiger partial charge on any atom is 0.237 e. The summed E-state index contributed by atoms with van der Waals surface area (Å²) in [6.07, 6.45) is 0. The summed E-state index contributed by atoms with van der Waals surface area (Å²) < 4.78 is 27.5. The van der Waals surface area contributed by atoms with Crippen LogP contribution in [-0.2, 0) is 4.79 Å². The van der Waals surface area contributed by atoms with Crippen LogP contribution >= 0.6 is 27.7 Å². The van der Waals surface area contributed by atoms with E-state index in [-0.39, 0.29) is 11.6 Å². The van der Waals surface area contributed by atoms with Gasteiger partial charge < -0.3 is 5.32 Å². The molecule has 1 amide bonds. The molecule has 1 unspecified atom stereocenters. The highest BCUT2D eigenvalue weighted by atomic mass is 79.9. The van der Waals surface area contributed by atoms with E-state index in [0.29, 0.717) is 0 Å². The van der Waals surface area contributed by atoms with E-state index in [2.05, 4.69) is 21.2 Å². The fourth-order valence-electron chi connectivity index (χ4n) is 1.60. The lowest BCUT2D eigenvalue weighted by atomic mass is 10.3. The fraction of sp³-hybridized carbons (Fsp3) is 0.133. The third-order valence-corrected chi connectivity index (χ3v) is 4.32. The Hall–Kier alpha value is -1.40. The number of hydrogen-bond acceptors (Lipinski definition) is 2. The van der Waals surface area contributed by atoms with Gasteiger partial charge in [0.1, 0.15) is 11.6 Å². The Balaban J connectivity index is 2.02. The Morgan fingerprint density at radius 1 is 1.19 bits per heavy atom. The summed E-state index contributed by atoms with van der Waals surface area (Å²) in [7, 11) is 0. The predicted octanol–water partition coefficient (Wildman–Crippen LogP) is 4.85. The van der Waals surface area contributed by atoms with E-state index in [9.17, 15) is 13.6 Å². The van der Waals surface area contributed by atoms with Crippen LogP contribution < -0.4 is 5.32 Å². The second kappa shape index (κ2) is 7.04. The molecule has 110 valence electrons. The number of thioether (sulfide) groups is 1. The normalized spacial score (nSPS) is 12.0. The van der Waals surface area contributed by atoms with Crippen LogP contribution in [0.4, 0.5) is 14.5 Å². The van der Waals surface area contributed by atoms with Gasteiger partial charge in [0.2, 0.25) is 5.91 Å². The number of carbonyl (C=O) groups excluding carboxylic acids is 1. The summed E-state index contributed by atoms with van der Waals surface area (Å²) in [5.74, 6) is -1.64. The Bertz CT molecular complexity index is 649. The largest absolute Gasteiger partial charge is 0.323 e. The molecule has 0 aliphatic carbocycles. The van der Waals surface area contributed by atoms with Gasteiger partial charge in [-0.3, -0.25) is 4.79 Å². The van der Waals surface area contributed by atoms with E-state index in [1.807, 2.05) is 24.3 Å². The van der Waals surface area contributed by atoms with Crippen molar-refractivity contribution in [1.82, 2.24) is 0 Å². The lowest BCUT2D eigenvalue weighted by Gasteiger charge is -2.12. The third-order valence-electron chi connectivity index (χ3n) is 2.68. The van der Waals surface area contributed by atoms with E-state index in [4.69, 9.17) is 0 Å². The van der Waals surface area contributed by atoms with Crippen molar-refractivity contribution in [3.8, 4) is 0 Å². The van der Waals surface area contributed by atoms with Crippen molar-refractivity contribution in [3.05, 3.63) is 58.6 Å². The molecule has 1 atom stereocenters. The van der Waals surface area contributed by atoms with Crippen LogP contribution in [0, 0.1) is 11.6 Å². The number of anilines is 1. The zero-order chi connectivity index (χ0) is 15.4. The first-order valence-electron chi connectivity index (χ1n) is 6.14. The van der Waals surface area contributed by atoms with E-state index >= 15 is 0 Å². The second-order valence-corrected chi connectivity index (χ2v) is 6.66. The molecule has 0 aliphatic heterocycles. The van der Waals surface area contributed by atoms with Crippen LogP contribution in [0.1, 0.15) is 6.92 Å². The molecule has 0 aromatic heterocycles. The monoisotopic (exact) mass is 371 g/mol. The second-order valence-electron chi connectivity index (χ2n) is 4.33. The van der Waals surface area contributed by atoms with Gasteiger partial charge in [0.15, 0.2) is 0 Å². The van der Waals surface area contributed by atoms with E-state index < -0.39 is 16.9 Å². The summed E-state index contributed by atoms with van der Waals surface area (Å²) in [5.41, 5.74) is -0.150. The average Bonchev–Trinajstić information content (AvgIpc) is 2.45. The summed E-state index contributed by atoms with van der Waals surface area (Å²) >= 11 is 4.67. The van der Waals surface area contributed by atoms with Crippen LogP contribution in [0.3, 0.4) is 0 Å². The zero-order valence-corrected chi connectivity index (χ0v) is 13.5. The molecule has 2 aromatic rings. The fourth-order valence-corrected chi connectivity index (χ4v) is 2.73. The average molecular weight is 372 g/mol. The highest BCUT2D eigenvalue weighted by Gasteiger charge is 2.16. The van der Waals surface area contributed by atoms with Gasteiger partial charge in [-0.25, -0.2) is 8.78 Å². The first kappa shape index (κ1) is 16.0. The van der Waals surface area contributed by atoms with Crippen LogP contribution in [0.2, 0.25) is 0 Å². The van der Waals surface area contributed by atoms with Crippen molar-refractivity contribution in [2.75, 3.05) is 5.32 Å². The Morgan fingerprint density at radius 3 is 2.52 bits per heavy atom. The summed E-state index contributed by atoms with van der Waals surface area (Å²) in [4.78, 5) is 12.9. The van der Waals surface area contributed by atoms with Crippen molar-refractivity contribution < 1.29 is 13.6 Å². The van der Waals surface area contributed by atoms with Crippen LogP contribution in [0.25, 0.3) is 0 Å². The van der Waals surface area contributed by atoms with Crippen LogP contribution in [0.5, 0.6) is 0 Å². The van der Waals surface area contributed by atoms with E-state index in [0.717, 1.165) is 27.6 Å². The molecule has 6 heteroatoms. The van der Waals surface area contributed by atoms with Gasteiger partial charge in [0, 0.05) is 15.4 Å². The maximum atomic E-state index is 13.5. The van der Waals surface area contributed by atoms with E-state index in [1.54, 1.807) is 6.92 Å². The highest BCUT2D eigenvalue weighted by molar-refractivity contribution is 9.10. The van der Waals surface area contributed by atoms with Gasteiger partial charge in [0.25, 0.3) is 0 Å². The number of halogens is 3. The molecule has 1 N–H and O–H groups in total.